The van der Waals surface area contributed by atoms with Gasteiger partial charge in [-0.25, -0.2) is 4.79 Å². The minimum absolute atomic E-state index is 0.249. The summed E-state index contributed by atoms with van der Waals surface area (Å²) in [5.41, 5.74) is 2.27. The van der Waals surface area contributed by atoms with Gasteiger partial charge in [0.25, 0.3) is 0 Å². The standard InChI is InChI=1S/C15H14O5/c1-2-18-15(16)12-8-17-7-11(12)5-10-3-4-13-14(6-10)20-9-19-13/h3-4,6-8H,2,5,9H2,1H3. The van der Waals surface area contributed by atoms with Gasteiger partial charge in [-0.15, -0.1) is 0 Å². The van der Waals surface area contributed by atoms with Gasteiger partial charge in [-0.3, -0.25) is 0 Å². The van der Waals surface area contributed by atoms with E-state index in [2.05, 4.69) is 0 Å². The molecule has 3 rings (SSSR count). The summed E-state index contributed by atoms with van der Waals surface area (Å²) < 4.78 is 20.7. The van der Waals surface area contributed by atoms with Crippen molar-refractivity contribution < 1.29 is 23.4 Å². The highest BCUT2D eigenvalue weighted by atomic mass is 16.7. The van der Waals surface area contributed by atoms with Crippen molar-refractivity contribution in [3.63, 3.8) is 0 Å². The first-order chi connectivity index (χ1) is 9.78. The summed E-state index contributed by atoms with van der Waals surface area (Å²) >= 11 is 0. The van der Waals surface area contributed by atoms with Gasteiger partial charge < -0.3 is 18.6 Å². The number of hydrogen-bond acceptors (Lipinski definition) is 5. The van der Waals surface area contributed by atoms with Gasteiger partial charge in [-0.1, -0.05) is 6.07 Å². The van der Waals surface area contributed by atoms with Gasteiger partial charge in [0.05, 0.1) is 12.9 Å². The molecule has 20 heavy (non-hydrogen) atoms. The second-order valence-corrected chi connectivity index (χ2v) is 4.40. The Morgan fingerprint density at radius 2 is 2.10 bits per heavy atom. The highest BCUT2D eigenvalue weighted by Gasteiger charge is 2.17. The van der Waals surface area contributed by atoms with E-state index in [4.69, 9.17) is 18.6 Å². The molecule has 0 saturated heterocycles. The molecule has 0 atom stereocenters. The first kappa shape index (κ1) is 12.6. The molecular weight excluding hydrogens is 260 g/mol. The fourth-order valence-corrected chi connectivity index (χ4v) is 2.12. The molecule has 0 unspecified atom stereocenters. The first-order valence-corrected chi connectivity index (χ1v) is 6.38. The third kappa shape index (κ3) is 2.34. The van der Waals surface area contributed by atoms with Crippen LogP contribution in [0, 0.1) is 0 Å². The molecule has 5 nitrogen and oxygen atoms in total. The molecule has 0 spiro atoms. The number of carbonyl (C=O) groups is 1. The van der Waals surface area contributed by atoms with E-state index in [9.17, 15) is 4.79 Å². The molecular formula is C15H14O5. The Kier molecular flexibility index (Phi) is 3.33. The number of carbonyl (C=O) groups excluding carboxylic acids is 1. The molecule has 0 radical (unpaired) electrons. The van der Waals surface area contributed by atoms with Crippen molar-refractivity contribution in [1.82, 2.24) is 0 Å². The molecule has 0 aliphatic carbocycles. The van der Waals surface area contributed by atoms with Crippen molar-refractivity contribution >= 4 is 5.97 Å². The van der Waals surface area contributed by atoms with Crippen molar-refractivity contribution in [2.24, 2.45) is 0 Å². The normalized spacial score (nSPS) is 12.4. The van der Waals surface area contributed by atoms with Crippen LogP contribution in [0.1, 0.15) is 28.4 Å². The minimum atomic E-state index is -0.364. The van der Waals surface area contributed by atoms with Gasteiger partial charge in [0.2, 0.25) is 6.79 Å². The Hall–Kier alpha value is -2.43. The zero-order valence-corrected chi connectivity index (χ0v) is 11.0. The van der Waals surface area contributed by atoms with E-state index in [1.165, 1.54) is 6.26 Å². The van der Waals surface area contributed by atoms with Crippen LogP contribution in [0.3, 0.4) is 0 Å². The average Bonchev–Trinajstić information content (AvgIpc) is 3.07. The lowest BCUT2D eigenvalue weighted by Crippen LogP contribution is -2.06. The van der Waals surface area contributed by atoms with Crippen molar-refractivity contribution in [3.8, 4) is 11.5 Å². The molecule has 2 aromatic rings. The number of esters is 1. The molecule has 2 heterocycles. The van der Waals surface area contributed by atoms with Gasteiger partial charge in [0, 0.05) is 12.0 Å². The number of hydrogen-bond donors (Lipinski definition) is 0. The predicted molar refractivity (Wildman–Crippen MR) is 70.0 cm³/mol. The topological polar surface area (TPSA) is 57.9 Å². The number of furan rings is 1. The van der Waals surface area contributed by atoms with Gasteiger partial charge in [0.15, 0.2) is 11.5 Å². The summed E-state index contributed by atoms with van der Waals surface area (Å²) in [6, 6.07) is 5.71. The number of rotatable bonds is 4. The molecule has 104 valence electrons. The number of fused-ring (bicyclic) bond motifs is 1. The molecule has 0 amide bonds. The fourth-order valence-electron chi connectivity index (χ4n) is 2.12. The molecule has 1 aromatic carbocycles. The summed E-state index contributed by atoms with van der Waals surface area (Å²) in [7, 11) is 0. The van der Waals surface area contributed by atoms with Crippen LogP contribution in [0.15, 0.2) is 35.1 Å². The molecule has 1 aliphatic heterocycles. The van der Waals surface area contributed by atoms with E-state index in [0.717, 1.165) is 22.6 Å². The molecule has 1 aromatic heterocycles. The van der Waals surface area contributed by atoms with Crippen LogP contribution in [0.25, 0.3) is 0 Å². The van der Waals surface area contributed by atoms with Crippen LogP contribution in [-0.4, -0.2) is 19.4 Å². The van der Waals surface area contributed by atoms with E-state index >= 15 is 0 Å². The van der Waals surface area contributed by atoms with Crippen molar-refractivity contribution in [2.45, 2.75) is 13.3 Å². The Labute approximate surface area is 116 Å². The largest absolute Gasteiger partial charge is 0.471 e. The maximum atomic E-state index is 11.8. The predicted octanol–water partition coefficient (Wildman–Crippen LogP) is 2.78. The molecule has 0 saturated carbocycles. The van der Waals surface area contributed by atoms with E-state index in [0.29, 0.717) is 18.6 Å². The lowest BCUT2D eigenvalue weighted by Gasteiger charge is -2.04. The van der Waals surface area contributed by atoms with Gasteiger partial charge >= 0.3 is 5.97 Å². The Morgan fingerprint density at radius 1 is 1.25 bits per heavy atom. The number of benzene rings is 1. The second kappa shape index (κ2) is 5.28. The highest BCUT2D eigenvalue weighted by Crippen LogP contribution is 2.33. The van der Waals surface area contributed by atoms with E-state index in [-0.39, 0.29) is 12.8 Å². The van der Waals surface area contributed by atoms with Gasteiger partial charge in [0.1, 0.15) is 11.8 Å². The summed E-state index contributed by atoms with van der Waals surface area (Å²) in [4.78, 5) is 11.8. The van der Waals surface area contributed by atoms with Crippen LogP contribution < -0.4 is 9.47 Å². The highest BCUT2D eigenvalue weighted by molar-refractivity contribution is 5.90. The Bertz CT molecular complexity index is 629. The Balaban J connectivity index is 1.81. The van der Waals surface area contributed by atoms with Gasteiger partial charge in [-0.2, -0.15) is 0 Å². The lowest BCUT2D eigenvalue weighted by molar-refractivity contribution is 0.0524. The fraction of sp³-hybridized carbons (Fsp3) is 0.267. The summed E-state index contributed by atoms with van der Waals surface area (Å²) in [5.74, 6) is 1.10. The van der Waals surface area contributed by atoms with Crippen LogP contribution in [0.5, 0.6) is 11.5 Å². The lowest BCUT2D eigenvalue weighted by atomic mass is 10.0. The SMILES string of the molecule is CCOC(=O)c1cocc1Cc1ccc2c(c1)OCO2. The monoisotopic (exact) mass is 274 g/mol. The van der Waals surface area contributed by atoms with E-state index < -0.39 is 0 Å². The third-order valence-corrected chi connectivity index (χ3v) is 3.07. The quantitative estimate of drug-likeness (QED) is 0.802. The zero-order chi connectivity index (χ0) is 13.9. The minimum Gasteiger partial charge on any atom is -0.471 e. The average molecular weight is 274 g/mol. The number of ether oxygens (including phenoxy) is 3. The summed E-state index contributed by atoms with van der Waals surface area (Å²) in [6.45, 7) is 2.36. The smallest absolute Gasteiger partial charge is 0.341 e. The van der Waals surface area contributed by atoms with Crippen molar-refractivity contribution in [3.05, 3.63) is 47.4 Å². The first-order valence-electron chi connectivity index (χ1n) is 6.38. The maximum Gasteiger partial charge on any atom is 0.341 e. The molecule has 5 heteroatoms. The zero-order valence-electron chi connectivity index (χ0n) is 11.0. The van der Waals surface area contributed by atoms with Gasteiger partial charge in [-0.05, 0) is 24.6 Å². The van der Waals surface area contributed by atoms with E-state index in [1.807, 2.05) is 18.2 Å². The van der Waals surface area contributed by atoms with Crippen LogP contribution in [-0.2, 0) is 11.2 Å². The van der Waals surface area contributed by atoms with Crippen LogP contribution >= 0.6 is 0 Å². The molecule has 1 aliphatic rings. The molecule has 0 N–H and O–H groups in total. The Morgan fingerprint density at radius 3 is 2.95 bits per heavy atom. The third-order valence-electron chi connectivity index (χ3n) is 3.07. The van der Waals surface area contributed by atoms with Crippen LogP contribution in [0.2, 0.25) is 0 Å². The summed E-state index contributed by atoms with van der Waals surface area (Å²) in [5, 5.41) is 0. The molecule has 0 bridgehead atoms. The molecule has 0 fully saturated rings. The van der Waals surface area contributed by atoms with Crippen LogP contribution in [0.4, 0.5) is 0 Å². The maximum absolute atomic E-state index is 11.8. The van der Waals surface area contributed by atoms with E-state index in [1.54, 1.807) is 13.2 Å². The van der Waals surface area contributed by atoms with Crippen molar-refractivity contribution in [1.29, 1.82) is 0 Å². The second-order valence-electron chi connectivity index (χ2n) is 4.40. The van der Waals surface area contributed by atoms with Crippen molar-refractivity contribution in [2.75, 3.05) is 13.4 Å². The summed E-state index contributed by atoms with van der Waals surface area (Å²) in [6.07, 6.45) is 3.55.